The fourth-order valence-electron chi connectivity index (χ4n) is 2.19. The number of ether oxygens (including phenoxy) is 1. The second kappa shape index (κ2) is 6.56. The van der Waals surface area contributed by atoms with Crippen LogP contribution in [0.2, 0.25) is 0 Å². The van der Waals surface area contributed by atoms with Crippen LogP contribution in [0.4, 0.5) is 26.3 Å². The van der Waals surface area contributed by atoms with Crippen LogP contribution in [0.5, 0.6) is 5.75 Å². The van der Waals surface area contributed by atoms with Gasteiger partial charge < -0.3 is 9.84 Å². The molecular formula is C14H15F6NO2. The molecule has 0 bridgehead atoms. The van der Waals surface area contributed by atoms with E-state index in [1.54, 1.807) is 0 Å². The number of aliphatic hydroxyl groups is 1. The van der Waals surface area contributed by atoms with Crippen LogP contribution in [0.1, 0.15) is 18.4 Å². The lowest BCUT2D eigenvalue weighted by atomic mass is 10.1. The normalized spacial score (nSPS) is 17.4. The number of hydrogen-bond donors (Lipinski definition) is 1. The molecule has 1 unspecified atom stereocenters. The molecule has 1 atom stereocenters. The van der Waals surface area contributed by atoms with Gasteiger partial charge in [-0.1, -0.05) is 18.2 Å². The molecule has 1 aliphatic rings. The van der Waals surface area contributed by atoms with E-state index in [0.717, 1.165) is 6.07 Å². The van der Waals surface area contributed by atoms with Gasteiger partial charge in [-0.25, -0.2) is 0 Å². The SMILES string of the molecule is OC(CN(Cc1ccccc1OC(F)(F)F)C1CC1)C(F)(F)F. The van der Waals surface area contributed by atoms with Gasteiger partial charge in [-0.2, -0.15) is 13.2 Å². The van der Waals surface area contributed by atoms with Crippen molar-refractivity contribution in [2.24, 2.45) is 0 Å². The van der Waals surface area contributed by atoms with Gasteiger partial charge in [0.2, 0.25) is 0 Å². The van der Waals surface area contributed by atoms with Crippen molar-refractivity contribution in [2.75, 3.05) is 6.54 Å². The van der Waals surface area contributed by atoms with Gasteiger partial charge >= 0.3 is 12.5 Å². The quantitative estimate of drug-likeness (QED) is 0.803. The van der Waals surface area contributed by atoms with E-state index in [4.69, 9.17) is 0 Å². The molecule has 1 aliphatic carbocycles. The molecule has 130 valence electrons. The van der Waals surface area contributed by atoms with Gasteiger partial charge in [0.15, 0.2) is 6.10 Å². The Hall–Kier alpha value is -1.48. The molecule has 23 heavy (non-hydrogen) atoms. The molecule has 1 aromatic rings. The molecule has 1 saturated carbocycles. The number of alkyl halides is 6. The molecule has 0 amide bonds. The molecule has 9 heteroatoms. The summed E-state index contributed by atoms with van der Waals surface area (Å²) in [6.45, 7) is -0.849. The summed E-state index contributed by atoms with van der Waals surface area (Å²) in [7, 11) is 0. The van der Waals surface area contributed by atoms with E-state index in [0.29, 0.717) is 12.8 Å². The number of para-hydroxylation sites is 1. The van der Waals surface area contributed by atoms with Gasteiger partial charge in [0.05, 0.1) is 0 Å². The Morgan fingerprint density at radius 1 is 1.13 bits per heavy atom. The van der Waals surface area contributed by atoms with E-state index in [9.17, 15) is 31.4 Å². The van der Waals surface area contributed by atoms with Crippen LogP contribution < -0.4 is 4.74 Å². The zero-order valence-electron chi connectivity index (χ0n) is 11.9. The fraction of sp³-hybridized carbons (Fsp3) is 0.571. The number of hydrogen-bond acceptors (Lipinski definition) is 3. The highest BCUT2D eigenvalue weighted by molar-refractivity contribution is 5.33. The number of benzene rings is 1. The van der Waals surface area contributed by atoms with E-state index in [-0.39, 0.29) is 18.2 Å². The summed E-state index contributed by atoms with van der Waals surface area (Å²) in [5, 5.41) is 9.19. The minimum atomic E-state index is -4.88. The lowest BCUT2D eigenvalue weighted by Gasteiger charge is -2.27. The van der Waals surface area contributed by atoms with Crippen LogP contribution in [0.25, 0.3) is 0 Å². The van der Waals surface area contributed by atoms with Gasteiger partial charge in [-0.15, -0.1) is 13.2 Å². The maximum absolute atomic E-state index is 12.5. The molecule has 0 heterocycles. The molecule has 0 aromatic heterocycles. The first kappa shape index (κ1) is 17.9. The second-order valence-electron chi connectivity index (χ2n) is 5.37. The van der Waals surface area contributed by atoms with Crippen molar-refractivity contribution >= 4 is 0 Å². The topological polar surface area (TPSA) is 32.7 Å². The van der Waals surface area contributed by atoms with Gasteiger partial charge in [0, 0.05) is 24.7 Å². The summed E-state index contributed by atoms with van der Waals surface area (Å²) in [5.41, 5.74) is 0.117. The molecule has 0 radical (unpaired) electrons. The first-order valence-electron chi connectivity index (χ1n) is 6.89. The van der Waals surface area contributed by atoms with E-state index in [2.05, 4.69) is 4.74 Å². The number of aliphatic hydroxyl groups excluding tert-OH is 1. The Kier molecular flexibility index (Phi) is 5.10. The predicted molar refractivity (Wildman–Crippen MR) is 68.6 cm³/mol. The number of nitrogens with zero attached hydrogens (tertiary/aromatic N) is 1. The Balaban J connectivity index is 2.12. The fourth-order valence-corrected chi connectivity index (χ4v) is 2.19. The van der Waals surface area contributed by atoms with Crippen LogP contribution in [0, 0.1) is 0 Å². The van der Waals surface area contributed by atoms with Crippen molar-refractivity contribution in [3.05, 3.63) is 29.8 Å². The molecule has 1 aromatic carbocycles. The Morgan fingerprint density at radius 3 is 2.26 bits per heavy atom. The zero-order valence-corrected chi connectivity index (χ0v) is 11.9. The standard InChI is InChI=1S/C14H15F6NO2/c15-13(16,17)12(22)8-21(10-5-6-10)7-9-3-1-2-4-11(9)23-14(18,19)20/h1-4,10,12,22H,5-8H2. The van der Waals surface area contributed by atoms with Crippen LogP contribution in [0.15, 0.2) is 24.3 Å². The summed E-state index contributed by atoms with van der Waals surface area (Å²) in [6.07, 6.45) is -10.9. The number of halogens is 6. The average molecular weight is 343 g/mol. The molecule has 0 aliphatic heterocycles. The van der Waals surface area contributed by atoms with Crippen LogP contribution >= 0.6 is 0 Å². The first-order chi connectivity index (χ1) is 10.6. The minimum Gasteiger partial charge on any atom is -0.405 e. The maximum Gasteiger partial charge on any atom is 0.573 e. The molecule has 3 nitrogen and oxygen atoms in total. The molecule has 0 saturated heterocycles. The lowest BCUT2D eigenvalue weighted by molar-refractivity contribution is -0.275. The Morgan fingerprint density at radius 2 is 1.74 bits per heavy atom. The van der Waals surface area contributed by atoms with Crippen LogP contribution in [-0.2, 0) is 6.54 Å². The maximum atomic E-state index is 12.5. The predicted octanol–water partition coefficient (Wildman–Crippen LogP) is 3.47. The monoisotopic (exact) mass is 343 g/mol. The first-order valence-corrected chi connectivity index (χ1v) is 6.89. The highest BCUT2D eigenvalue weighted by atomic mass is 19.4. The third-order valence-electron chi connectivity index (χ3n) is 3.42. The summed E-state index contributed by atoms with van der Waals surface area (Å²) in [4.78, 5) is 1.33. The van der Waals surface area contributed by atoms with Gasteiger partial charge in [0.25, 0.3) is 0 Å². The Labute approximate surface area is 128 Å². The van der Waals surface area contributed by atoms with E-state index < -0.39 is 30.9 Å². The van der Waals surface area contributed by atoms with Crippen molar-refractivity contribution in [3.8, 4) is 5.75 Å². The summed E-state index contributed by atoms with van der Waals surface area (Å²) in [5.74, 6) is -0.452. The summed E-state index contributed by atoms with van der Waals surface area (Å²) >= 11 is 0. The zero-order chi connectivity index (χ0) is 17.3. The van der Waals surface area contributed by atoms with E-state index >= 15 is 0 Å². The molecular weight excluding hydrogens is 328 g/mol. The summed E-state index contributed by atoms with van der Waals surface area (Å²) < 4.78 is 78.5. The smallest absolute Gasteiger partial charge is 0.405 e. The van der Waals surface area contributed by atoms with Crippen LogP contribution in [0.3, 0.4) is 0 Å². The highest BCUT2D eigenvalue weighted by Crippen LogP contribution is 2.33. The van der Waals surface area contributed by atoms with E-state index in [1.165, 1.54) is 23.1 Å². The van der Waals surface area contributed by atoms with Crippen molar-refractivity contribution in [2.45, 2.75) is 44.1 Å². The third kappa shape index (κ3) is 5.58. The summed E-state index contributed by atoms with van der Waals surface area (Å²) in [6, 6.07) is 5.11. The van der Waals surface area contributed by atoms with Gasteiger partial charge in [0.1, 0.15) is 5.75 Å². The molecule has 0 spiro atoms. The Bertz CT molecular complexity index is 527. The minimum absolute atomic E-state index is 0.117. The second-order valence-corrected chi connectivity index (χ2v) is 5.37. The van der Waals surface area contributed by atoms with Crippen molar-refractivity contribution in [3.63, 3.8) is 0 Å². The van der Waals surface area contributed by atoms with Crippen molar-refractivity contribution in [1.29, 1.82) is 0 Å². The average Bonchev–Trinajstić information content (AvgIpc) is 3.21. The van der Waals surface area contributed by atoms with Crippen molar-refractivity contribution < 1.29 is 36.2 Å². The lowest BCUT2D eigenvalue weighted by Crippen LogP contribution is -2.41. The molecule has 1 fully saturated rings. The number of rotatable bonds is 6. The van der Waals surface area contributed by atoms with Gasteiger partial charge in [-0.05, 0) is 18.9 Å². The largest absolute Gasteiger partial charge is 0.573 e. The van der Waals surface area contributed by atoms with E-state index in [1.807, 2.05) is 0 Å². The van der Waals surface area contributed by atoms with Gasteiger partial charge in [-0.3, -0.25) is 4.90 Å². The molecule has 2 rings (SSSR count). The highest BCUT2D eigenvalue weighted by Gasteiger charge is 2.42. The van der Waals surface area contributed by atoms with Crippen molar-refractivity contribution in [1.82, 2.24) is 4.90 Å². The van der Waals surface area contributed by atoms with Crippen LogP contribution in [-0.4, -0.2) is 41.2 Å². The third-order valence-corrected chi connectivity index (χ3v) is 3.42. The molecule has 1 N–H and O–H groups in total.